The Bertz CT molecular complexity index is 411. The van der Waals surface area contributed by atoms with Gasteiger partial charge in [-0.3, -0.25) is 0 Å². The van der Waals surface area contributed by atoms with Crippen LogP contribution in [-0.2, 0) is 11.0 Å². The Morgan fingerprint density at radius 1 is 1.44 bits per heavy atom. The Balaban J connectivity index is 2.80. The molecule has 1 atom stereocenters. The molecule has 0 saturated heterocycles. The van der Waals surface area contributed by atoms with Crippen molar-refractivity contribution in [1.82, 2.24) is 4.98 Å². The molecule has 0 saturated carbocycles. The van der Waals surface area contributed by atoms with Crippen LogP contribution < -0.4 is 4.74 Å². The second kappa shape index (κ2) is 5.21. The van der Waals surface area contributed by atoms with E-state index in [-0.39, 0.29) is 4.75 Å². The molecule has 1 aromatic heterocycles. The largest absolute Gasteiger partial charge is 0.481 e. The van der Waals surface area contributed by atoms with E-state index in [2.05, 4.69) is 9.38 Å². The molecular formula is C11H16N2O2S. The van der Waals surface area contributed by atoms with Gasteiger partial charge in [0.15, 0.2) is 0 Å². The van der Waals surface area contributed by atoms with Gasteiger partial charge in [-0.25, -0.2) is 9.19 Å². The highest BCUT2D eigenvalue weighted by Crippen LogP contribution is 2.12. The van der Waals surface area contributed by atoms with Crippen LogP contribution in [0.5, 0.6) is 5.88 Å². The predicted octanol–water partition coefficient (Wildman–Crippen LogP) is 1.97. The summed E-state index contributed by atoms with van der Waals surface area (Å²) in [5.41, 5.74) is 0.636. The van der Waals surface area contributed by atoms with Gasteiger partial charge in [-0.2, -0.15) is 4.40 Å². The maximum atomic E-state index is 11.6. The van der Waals surface area contributed by atoms with Crippen molar-refractivity contribution >= 4 is 17.2 Å². The van der Waals surface area contributed by atoms with Crippen molar-refractivity contribution in [3.8, 4) is 5.88 Å². The summed E-state index contributed by atoms with van der Waals surface area (Å²) in [5, 5.41) is 0. The van der Waals surface area contributed by atoms with Crippen molar-refractivity contribution in [3.05, 3.63) is 23.9 Å². The molecule has 0 N–H and O–H groups in total. The van der Waals surface area contributed by atoms with E-state index in [9.17, 15) is 4.21 Å². The summed E-state index contributed by atoms with van der Waals surface area (Å²) < 4.78 is 20.2. The Labute approximate surface area is 98.4 Å². The monoisotopic (exact) mass is 240 g/mol. The third kappa shape index (κ3) is 3.73. The minimum absolute atomic E-state index is 0.352. The molecule has 0 radical (unpaired) electrons. The standard InChI is InChI=1S/C11H16N2O2S/c1-11(2,3)16(14)12-8-9-6-5-7-10(13-9)15-4/h5-8H,1-4H3/b12-8+/t16-/m0/s1. The van der Waals surface area contributed by atoms with Crippen LogP contribution in [0.4, 0.5) is 0 Å². The van der Waals surface area contributed by atoms with Crippen molar-refractivity contribution in [2.24, 2.45) is 4.40 Å². The van der Waals surface area contributed by atoms with E-state index >= 15 is 0 Å². The molecule has 0 bridgehead atoms. The molecule has 0 aliphatic rings. The van der Waals surface area contributed by atoms with Crippen LogP contribution in [-0.4, -0.2) is 27.3 Å². The summed E-state index contributed by atoms with van der Waals surface area (Å²) >= 11 is 0. The predicted molar refractivity (Wildman–Crippen MR) is 66.3 cm³/mol. The van der Waals surface area contributed by atoms with E-state index in [1.165, 1.54) is 6.21 Å². The highest BCUT2D eigenvalue weighted by molar-refractivity contribution is 7.85. The summed E-state index contributed by atoms with van der Waals surface area (Å²) in [6.07, 6.45) is 1.50. The van der Waals surface area contributed by atoms with Crippen LogP contribution >= 0.6 is 0 Å². The van der Waals surface area contributed by atoms with Gasteiger partial charge in [-0.15, -0.1) is 0 Å². The number of hydrogen-bond donors (Lipinski definition) is 0. The van der Waals surface area contributed by atoms with E-state index in [0.717, 1.165) is 0 Å². The van der Waals surface area contributed by atoms with E-state index < -0.39 is 11.0 Å². The van der Waals surface area contributed by atoms with E-state index in [1.807, 2.05) is 26.8 Å². The van der Waals surface area contributed by atoms with Crippen LogP contribution in [0, 0.1) is 0 Å². The molecule has 0 aromatic carbocycles. The molecule has 4 nitrogen and oxygen atoms in total. The lowest BCUT2D eigenvalue weighted by molar-refractivity contribution is 0.397. The quantitative estimate of drug-likeness (QED) is 0.759. The van der Waals surface area contributed by atoms with Gasteiger partial charge in [-0.1, -0.05) is 6.07 Å². The summed E-state index contributed by atoms with van der Waals surface area (Å²) in [6, 6.07) is 5.34. The van der Waals surface area contributed by atoms with Crippen molar-refractivity contribution in [2.45, 2.75) is 25.5 Å². The van der Waals surface area contributed by atoms with Crippen LogP contribution in [0.25, 0.3) is 0 Å². The first-order chi connectivity index (χ1) is 7.43. The second-order valence-electron chi connectivity index (χ2n) is 4.20. The lowest BCUT2D eigenvalue weighted by Gasteiger charge is -2.12. The zero-order valence-corrected chi connectivity index (χ0v) is 10.7. The number of nitrogens with zero attached hydrogens (tertiary/aromatic N) is 2. The maximum Gasteiger partial charge on any atom is 0.213 e. The number of hydrogen-bond acceptors (Lipinski definition) is 3. The Morgan fingerprint density at radius 3 is 2.69 bits per heavy atom. The van der Waals surface area contributed by atoms with Crippen molar-refractivity contribution < 1.29 is 8.95 Å². The average Bonchev–Trinajstić information content (AvgIpc) is 2.25. The Hall–Kier alpha value is -1.23. The van der Waals surface area contributed by atoms with Gasteiger partial charge in [0.1, 0.15) is 11.0 Å². The molecule has 0 aliphatic carbocycles. The van der Waals surface area contributed by atoms with Gasteiger partial charge in [0, 0.05) is 6.07 Å². The molecule has 0 fully saturated rings. The summed E-state index contributed by atoms with van der Waals surface area (Å²) in [6.45, 7) is 5.62. The average molecular weight is 240 g/mol. The van der Waals surface area contributed by atoms with E-state index in [1.54, 1.807) is 19.2 Å². The minimum atomic E-state index is -1.26. The van der Waals surface area contributed by atoms with Crippen molar-refractivity contribution in [1.29, 1.82) is 0 Å². The topological polar surface area (TPSA) is 51.5 Å². The van der Waals surface area contributed by atoms with Gasteiger partial charge in [-0.05, 0) is 26.8 Å². The molecule has 1 heterocycles. The zero-order valence-electron chi connectivity index (χ0n) is 9.93. The SMILES string of the molecule is COc1cccc(/C=N/[S@@](=O)C(C)(C)C)n1. The number of methoxy groups -OCH3 is 1. The van der Waals surface area contributed by atoms with Crippen LogP contribution in [0.15, 0.2) is 22.6 Å². The van der Waals surface area contributed by atoms with Crippen LogP contribution in [0.1, 0.15) is 26.5 Å². The first-order valence-electron chi connectivity index (χ1n) is 4.90. The molecule has 0 spiro atoms. The smallest absolute Gasteiger partial charge is 0.213 e. The highest BCUT2D eigenvalue weighted by Gasteiger charge is 2.18. The minimum Gasteiger partial charge on any atom is -0.481 e. The molecular weight excluding hydrogens is 224 g/mol. The lowest BCUT2D eigenvalue weighted by atomic mass is 10.3. The summed E-state index contributed by atoms with van der Waals surface area (Å²) in [5.74, 6) is 0.519. The molecule has 16 heavy (non-hydrogen) atoms. The first kappa shape index (κ1) is 12.8. The number of ether oxygens (including phenoxy) is 1. The van der Waals surface area contributed by atoms with Gasteiger partial charge >= 0.3 is 0 Å². The maximum absolute atomic E-state index is 11.6. The molecule has 5 heteroatoms. The summed E-state index contributed by atoms with van der Waals surface area (Å²) in [4.78, 5) is 4.14. The summed E-state index contributed by atoms with van der Waals surface area (Å²) in [7, 11) is 0.294. The van der Waals surface area contributed by atoms with Gasteiger partial charge in [0.25, 0.3) is 0 Å². The van der Waals surface area contributed by atoms with Gasteiger partial charge < -0.3 is 4.74 Å². The van der Waals surface area contributed by atoms with E-state index in [0.29, 0.717) is 11.6 Å². The van der Waals surface area contributed by atoms with Gasteiger partial charge in [0.05, 0.1) is 23.8 Å². The fourth-order valence-electron chi connectivity index (χ4n) is 0.876. The van der Waals surface area contributed by atoms with Gasteiger partial charge in [0.2, 0.25) is 5.88 Å². The molecule has 1 aromatic rings. The van der Waals surface area contributed by atoms with E-state index in [4.69, 9.17) is 4.74 Å². The van der Waals surface area contributed by atoms with Crippen LogP contribution in [0.3, 0.4) is 0 Å². The van der Waals surface area contributed by atoms with Crippen LogP contribution in [0.2, 0.25) is 0 Å². The molecule has 0 aliphatic heterocycles. The lowest BCUT2D eigenvalue weighted by Crippen LogP contribution is -2.19. The molecule has 88 valence electrons. The fourth-order valence-corrected chi connectivity index (χ4v) is 1.40. The van der Waals surface area contributed by atoms with Crippen molar-refractivity contribution in [2.75, 3.05) is 7.11 Å². The third-order valence-corrected chi connectivity index (χ3v) is 3.10. The normalized spacial score (nSPS) is 14.0. The molecule has 0 amide bonds. The Kier molecular flexibility index (Phi) is 4.18. The molecule has 1 rings (SSSR count). The Morgan fingerprint density at radius 2 is 2.12 bits per heavy atom. The number of pyridine rings is 1. The third-order valence-electron chi connectivity index (χ3n) is 1.76. The molecule has 0 unspecified atom stereocenters. The number of aromatic nitrogens is 1. The second-order valence-corrected chi connectivity index (χ2v) is 6.13. The fraction of sp³-hybridized carbons (Fsp3) is 0.455. The number of rotatable bonds is 3. The van der Waals surface area contributed by atoms with Crippen molar-refractivity contribution in [3.63, 3.8) is 0 Å². The zero-order chi connectivity index (χ0) is 12.2. The first-order valence-corrected chi connectivity index (χ1v) is 6.01. The highest BCUT2D eigenvalue weighted by atomic mass is 32.2.